The van der Waals surface area contributed by atoms with Crippen molar-refractivity contribution in [1.29, 1.82) is 0 Å². The fourth-order valence-electron chi connectivity index (χ4n) is 1.92. The van der Waals surface area contributed by atoms with Gasteiger partial charge in [0, 0.05) is 31.7 Å². The van der Waals surface area contributed by atoms with E-state index in [9.17, 15) is 8.42 Å². The van der Waals surface area contributed by atoms with Gasteiger partial charge in [0.05, 0.1) is 4.34 Å². The first-order valence-corrected chi connectivity index (χ1v) is 10.4. The number of rotatable bonds is 7. The molecular weight excluding hydrogens is 403 g/mol. The first-order valence-electron chi connectivity index (χ1n) is 7.35. The molecule has 25 heavy (non-hydrogen) atoms. The average Bonchev–Trinajstić information content (AvgIpc) is 3.03. The van der Waals surface area contributed by atoms with E-state index in [2.05, 4.69) is 20.3 Å². The first kappa shape index (κ1) is 20.0. The predicted molar refractivity (Wildman–Crippen MR) is 104 cm³/mol. The molecule has 1 aromatic heterocycles. The second kappa shape index (κ2) is 9.40. The molecule has 10 heteroatoms. The summed E-state index contributed by atoms with van der Waals surface area (Å²) in [4.78, 5) is 4.09. The molecule has 3 N–H and O–H groups in total. The van der Waals surface area contributed by atoms with Crippen LogP contribution in [0.2, 0.25) is 9.36 Å². The summed E-state index contributed by atoms with van der Waals surface area (Å²) in [7, 11) is -1.90. The van der Waals surface area contributed by atoms with Crippen LogP contribution in [0.25, 0.3) is 0 Å². The maximum atomic E-state index is 12.1. The lowest BCUT2D eigenvalue weighted by Gasteiger charge is -2.13. The van der Waals surface area contributed by atoms with E-state index in [0.29, 0.717) is 28.4 Å². The SMILES string of the molecule is CN=C(NCCNS(=O)(=O)c1ccc(Cl)s1)NCc1ccccc1Cl. The maximum absolute atomic E-state index is 12.1. The molecule has 6 nitrogen and oxygen atoms in total. The van der Waals surface area contributed by atoms with Gasteiger partial charge in [0.15, 0.2) is 5.96 Å². The number of hydrogen-bond acceptors (Lipinski definition) is 4. The van der Waals surface area contributed by atoms with Crippen molar-refractivity contribution in [2.45, 2.75) is 10.8 Å². The molecule has 2 rings (SSSR count). The highest BCUT2D eigenvalue weighted by atomic mass is 35.5. The molecule has 136 valence electrons. The van der Waals surface area contributed by atoms with Gasteiger partial charge in [-0.3, -0.25) is 4.99 Å². The molecule has 0 radical (unpaired) electrons. The van der Waals surface area contributed by atoms with E-state index in [0.717, 1.165) is 16.9 Å². The highest BCUT2D eigenvalue weighted by Gasteiger charge is 2.15. The van der Waals surface area contributed by atoms with Gasteiger partial charge in [0.25, 0.3) is 0 Å². The van der Waals surface area contributed by atoms with Crippen molar-refractivity contribution < 1.29 is 8.42 Å². The van der Waals surface area contributed by atoms with Gasteiger partial charge in [-0.2, -0.15) is 0 Å². The van der Waals surface area contributed by atoms with E-state index in [4.69, 9.17) is 23.2 Å². The Hall–Kier alpha value is -1.32. The van der Waals surface area contributed by atoms with Gasteiger partial charge in [-0.25, -0.2) is 13.1 Å². The predicted octanol–water partition coefficient (Wildman–Crippen LogP) is 2.70. The highest BCUT2D eigenvalue weighted by Crippen LogP contribution is 2.25. The number of hydrogen-bond donors (Lipinski definition) is 3. The van der Waals surface area contributed by atoms with Crippen molar-refractivity contribution in [3.05, 3.63) is 51.3 Å². The lowest BCUT2D eigenvalue weighted by atomic mass is 10.2. The van der Waals surface area contributed by atoms with Gasteiger partial charge in [0.2, 0.25) is 10.0 Å². The van der Waals surface area contributed by atoms with Gasteiger partial charge >= 0.3 is 0 Å². The molecule has 0 fully saturated rings. The largest absolute Gasteiger partial charge is 0.355 e. The second-order valence-electron chi connectivity index (χ2n) is 4.90. The van der Waals surface area contributed by atoms with Crippen molar-refractivity contribution in [3.8, 4) is 0 Å². The van der Waals surface area contributed by atoms with E-state index < -0.39 is 10.0 Å². The number of halogens is 2. The summed E-state index contributed by atoms with van der Waals surface area (Å²) in [6.07, 6.45) is 0. The Bertz CT molecular complexity index is 838. The fourth-order valence-corrected chi connectivity index (χ4v) is 4.68. The second-order valence-corrected chi connectivity index (χ2v) is 9.02. The monoisotopic (exact) mass is 420 g/mol. The molecule has 0 unspecified atom stereocenters. The average molecular weight is 421 g/mol. The van der Waals surface area contributed by atoms with Crippen LogP contribution in [0.15, 0.2) is 45.6 Å². The Labute approximate surface area is 161 Å². The van der Waals surface area contributed by atoms with Crippen LogP contribution in [0.5, 0.6) is 0 Å². The van der Waals surface area contributed by atoms with Gasteiger partial charge in [-0.1, -0.05) is 41.4 Å². The highest BCUT2D eigenvalue weighted by molar-refractivity contribution is 7.91. The molecule has 0 saturated heterocycles. The van der Waals surface area contributed by atoms with Crippen molar-refractivity contribution in [1.82, 2.24) is 15.4 Å². The number of guanidine groups is 1. The summed E-state index contributed by atoms with van der Waals surface area (Å²) in [6.45, 7) is 1.10. The number of nitrogens with one attached hydrogen (secondary N) is 3. The Balaban J connectivity index is 1.77. The molecule has 0 amide bonds. The minimum absolute atomic E-state index is 0.193. The minimum Gasteiger partial charge on any atom is -0.355 e. The van der Waals surface area contributed by atoms with Gasteiger partial charge < -0.3 is 10.6 Å². The lowest BCUT2D eigenvalue weighted by molar-refractivity contribution is 0.582. The normalized spacial score (nSPS) is 12.2. The third-order valence-corrected chi connectivity index (χ3v) is 6.70. The topological polar surface area (TPSA) is 82.6 Å². The van der Waals surface area contributed by atoms with E-state index in [1.165, 1.54) is 6.07 Å². The smallest absolute Gasteiger partial charge is 0.250 e. The Morgan fingerprint density at radius 1 is 1.12 bits per heavy atom. The van der Waals surface area contributed by atoms with E-state index in [1.54, 1.807) is 13.1 Å². The van der Waals surface area contributed by atoms with Crippen LogP contribution in [0, 0.1) is 0 Å². The van der Waals surface area contributed by atoms with E-state index in [1.807, 2.05) is 24.3 Å². The number of aliphatic imine (C=N–C) groups is 1. The molecule has 2 aromatic rings. The van der Waals surface area contributed by atoms with Gasteiger partial charge in [-0.05, 0) is 23.8 Å². The minimum atomic E-state index is -3.54. The van der Waals surface area contributed by atoms with Crippen LogP contribution < -0.4 is 15.4 Å². The quantitative estimate of drug-likeness (QED) is 0.365. The molecular formula is C15H18Cl2N4O2S2. The van der Waals surface area contributed by atoms with E-state index >= 15 is 0 Å². The van der Waals surface area contributed by atoms with Gasteiger partial charge in [-0.15, -0.1) is 11.3 Å². The molecule has 0 aliphatic heterocycles. The first-order chi connectivity index (χ1) is 11.9. The van der Waals surface area contributed by atoms with Crippen LogP contribution in [0.4, 0.5) is 0 Å². The summed E-state index contributed by atoms with van der Waals surface area (Å²) in [6, 6.07) is 10.5. The fraction of sp³-hybridized carbons (Fsp3) is 0.267. The molecule has 0 aliphatic rings. The van der Waals surface area contributed by atoms with Crippen LogP contribution in [-0.4, -0.2) is 34.5 Å². The third-order valence-electron chi connectivity index (χ3n) is 3.15. The van der Waals surface area contributed by atoms with Crippen molar-refractivity contribution >= 4 is 50.5 Å². The molecule has 0 saturated carbocycles. The summed E-state index contributed by atoms with van der Waals surface area (Å²) in [5.41, 5.74) is 0.947. The van der Waals surface area contributed by atoms with Crippen LogP contribution in [0.3, 0.4) is 0 Å². The van der Waals surface area contributed by atoms with Crippen molar-refractivity contribution in [2.75, 3.05) is 20.1 Å². The number of nitrogens with zero attached hydrogens (tertiary/aromatic N) is 1. The molecule has 0 aliphatic carbocycles. The molecule has 1 heterocycles. The van der Waals surface area contributed by atoms with Crippen molar-refractivity contribution in [3.63, 3.8) is 0 Å². The molecule has 0 atom stereocenters. The molecule has 0 bridgehead atoms. The zero-order valence-electron chi connectivity index (χ0n) is 13.4. The van der Waals surface area contributed by atoms with Crippen LogP contribution in [0.1, 0.15) is 5.56 Å². The maximum Gasteiger partial charge on any atom is 0.250 e. The summed E-state index contributed by atoms with van der Waals surface area (Å²) < 4.78 is 27.3. The number of sulfonamides is 1. The Morgan fingerprint density at radius 3 is 2.52 bits per heavy atom. The van der Waals surface area contributed by atoms with Crippen LogP contribution >= 0.6 is 34.5 Å². The summed E-state index contributed by atoms with van der Waals surface area (Å²) >= 11 is 12.9. The zero-order valence-corrected chi connectivity index (χ0v) is 16.6. The molecule has 1 aromatic carbocycles. The number of benzene rings is 1. The van der Waals surface area contributed by atoms with E-state index in [-0.39, 0.29) is 10.8 Å². The number of thiophene rings is 1. The molecule has 0 spiro atoms. The van der Waals surface area contributed by atoms with Crippen molar-refractivity contribution in [2.24, 2.45) is 4.99 Å². The Morgan fingerprint density at radius 2 is 1.88 bits per heavy atom. The summed E-state index contributed by atoms with van der Waals surface area (Å²) in [5, 5.41) is 6.83. The van der Waals surface area contributed by atoms with Crippen LogP contribution in [-0.2, 0) is 16.6 Å². The zero-order chi connectivity index (χ0) is 18.3. The third kappa shape index (κ3) is 6.16. The Kier molecular flexibility index (Phi) is 7.52. The standard InChI is InChI=1S/C15H18Cl2N4O2S2/c1-18-15(20-10-11-4-2-3-5-12(11)16)19-8-9-21-25(22,23)14-7-6-13(17)24-14/h2-7,21H,8-10H2,1H3,(H2,18,19,20). The summed E-state index contributed by atoms with van der Waals surface area (Å²) in [5.74, 6) is 0.554. The van der Waals surface area contributed by atoms with Gasteiger partial charge in [0.1, 0.15) is 4.21 Å². The lowest BCUT2D eigenvalue weighted by Crippen LogP contribution is -2.41.